The van der Waals surface area contributed by atoms with E-state index in [-0.39, 0.29) is 30.5 Å². The lowest BCUT2D eigenvalue weighted by Gasteiger charge is -2.41. The first-order chi connectivity index (χ1) is 12.1. The van der Waals surface area contributed by atoms with Crippen molar-refractivity contribution >= 4 is 29.8 Å². The van der Waals surface area contributed by atoms with Gasteiger partial charge in [-0.15, -0.1) is 12.4 Å². The Balaban J connectivity index is 0.00000196. The molecule has 0 aliphatic carbocycles. The second kappa shape index (κ2) is 7.38. The lowest BCUT2D eigenvalue weighted by Crippen LogP contribution is -2.46. The fourth-order valence-corrected chi connectivity index (χ4v) is 3.73. The summed E-state index contributed by atoms with van der Waals surface area (Å²) in [7, 11) is 0. The molecule has 3 aromatic rings. The Hall–Kier alpha value is -2.53. The molecule has 4 rings (SSSR count). The van der Waals surface area contributed by atoms with Crippen molar-refractivity contribution in [1.82, 2.24) is 9.38 Å². The summed E-state index contributed by atoms with van der Waals surface area (Å²) in [6.07, 6.45) is 4.87. The van der Waals surface area contributed by atoms with Gasteiger partial charge < -0.3 is 14.0 Å². The SMILES string of the molecule is CC(=O)OCC1Cc2ccccc2C(C)N1c1cn2ccccc2n1.Cl. The van der Waals surface area contributed by atoms with Crippen LogP contribution >= 0.6 is 12.4 Å². The second-order valence-electron chi connectivity index (χ2n) is 6.51. The van der Waals surface area contributed by atoms with Gasteiger partial charge in [0.25, 0.3) is 0 Å². The molecule has 1 aliphatic heterocycles. The molecule has 3 heterocycles. The van der Waals surface area contributed by atoms with Crippen LogP contribution in [0, 0.1) is 0 Å². The summed E-state index contributed by atoms with van der Waals surface area (Å²) < 4.78 is 7.37. The van der Waals surface area contributed by atoms with E-state index in [1.54, 1.807) is 0 Å². The van der Waals surface area contributed by atoms with Gasteiger partial charge in [-0.05, 0) is 36.6 Å². The molecular weight excluding hydrogens is 350 g/mol. The predicted molar refractivity (Wildman–Crippen MR) is 104 cm³/mol. The summed E-state index contributed by atoms with van der Waals surface area (Å²) in [4.78, 5) is 18.4. The van der Waals surface area contributed by atoms with Gasteiger partial charge in [-0.3, -0.25) is 4.79 Å². The van der Waals surface area contributed by atoms with Crippen LogP contribution in [0.15, 0.2) is 54.9 Å². The van der Waals surface area contributed by atoms with Gasteiger partial charge >= 0.3 is 5.97 Å². The Kier molecular flexibility index (Phi) is 5.18. The summed E-state index contributed by atoms with van der Waals surface area (Å²) in [5.41, 5.74) is 3.53. The van der Waals surface area contributed by atoms with E-state index in [4.69, 9.17) is 9.72 Å². The first-order valence-corrected chi connectivity index (χ1v) is 8.56. The van der Waals surface area contributed by atoms with E-state index in [0.29, 0.717) is 6.61 Å². The van der Waals surface area contributed by atoms with E-state index in [1.165, 1.54) is 18.1 Å². The highest BCUT2D eigenvalue weighted by Crippen LogP contribution is 2.36. The molecule has 0 amide bonds. The van der Waals surface area contributed by atoms with Crippen molar-refractivity contribution < 1.29 is 9.53 Å². The van der Waals surface area contributed by atoms with Crippen molar-refractivity contribution in [2.24, 2.45) is 0 Å². The van der Waals surface area contributed by atoms with E-state index < -0.39 is 0 Å². The number of hydrogen-bond donors (Lipinski definition) is 0. The first kappa shape index (κ1) is 18.3. The Morgan fingerprint density at radius 3 is 2.77 bits per heavy atom. The smallest absolute Gasteiger partial charge is 0.302 e. The third-order valence-corrected chi connectivity index (χ3v) is 4.87. The van der Waals surface area contributed by atoms with Gasteiger partial charge in [0, 0.05) is 13.1 Å². The van der Waals surface area contributed by atoms with Crippen LogP contribution in [0.1, 0.15) is 31.0 Å². The number of fused-ring (bicyclic) bond motifs is 2. The summed E-state index contributed by atoms with van der Waals surface area (Å²) in [6, 6.07) is 14.7. The van der Waals surface area contributed by atoms with Crippen LogP contribution in [0.5, 0.6) is 0 Å². The Bertz CT molecular complexity index is 891. The lowest BCUT2D eigenvalue weighted by molar-refractivity contribution is -0.141. The first-order valence-electron chi connectivity index (χ1n) is 8.56. The van der Waals surface area contributed by atoms with Crippen LogP contribution < -0.4 is 4.90 Å². The summed E-state index contributed by atoms with van der Waals surface area (Å²) in [5, 5.41) is 0. The van der Waals surface area contributed by atoms with E-state index >= 15 is 0 Å². The highest BCUT2D eigenvalue weighted by atomic mass is 35.5. The van der Waals surface area contributed by atoms with E-state index in [1.807, 2.05) is 35.0 Å². The maximum atomic E-state index is 11.3. The van der Waals surface area contributed by atoms with E-state index in [0.717, 1.165) is 17.9 Å². The Morgan fingerprint density at radius 2 is 2.00 bits per heavy atom. The van der Waals surface area contributed by atoms with Crippen LogP contribution in [0.25, 0.3) is 5.65 Å². The van der Waals surface area contributed by atoms with Crippen LogP contribution in [-0.2, 0) is 16.0 Å². The quantitative estimate of drug-likeness (QED) is 0.657. The maximum absolute atomic E-state index is 11.3. The fourth-order valence-electron chi connectivity index (χ4n) is 3.73. The molecule has 0 radical (unpaired) electrons. The number of ether oxygens (including phenoxy) is 1. The third kappa shape index (κ3) is 3.27. The number of carbonyl (C=O) groups excluding carboxylic acids is 1. The van der Waals surface area contributed by atoms with Crippen molar-refractivity contribution in [3.63, 3.8) is 0 Å². The van der Waals surface area contributed by atoms with Crippen LogP contribution in [0.2, 0.25) is 0 Å². The number of imidazole rings is 1. The lowest BCUT2D eigenvalue weighted by atomic mass is 9.89. The number of benzene rings is 1. The normalized spacial score (nSPS) is 18.9. The van der Waals surface area contributed by atoms with E-state index in [9.17, 15) is 4.79 Å². The van der Waals surface area contributed by atoms with Crippen molar-refractivity contribution in [2.45, 2.75) is 32.4 Å². The zero-order chi connectivity index (χ0) is 17.4. The van der Waals surface area contributed by atoms with Crippen LogP contribution in [0.3, 0.4) is 0 Å². The van der Waals surface area contributed by atoms with Gasteiger partial charge in [-0.1, -0.05) is 30.3 Å². The number of carbonyl (C=O) groups is 1. The highest BCUT2D eigenvalue weighted by molar-refractivity contribution is 5.85. The summed E-state index contributed by atoms with van der Waals surface area (Å²) in [6.45, 7) is 4.00. The number of aromatic nitrogens is 2. The molecule has 0 saturated heterocycles. The number of nitrogens with zero attached hydrogens (tertiary/aromatic N) is 3. The summed E-state index contributed by atoms with van der Waals surface area (Å²) >= 11 is 0. The average molecular weight is 372 g/mol. The minimum Gasteiger partial charge on any atom is -0.464 e. The monoisotopic (exact) mass is 371 g/mol. The van der Waals surface area contributed by atoms with Gasteiger partial charge in [-0.2, -0.15) is 0 Å². The fraction of sp³-hybridized carbons (Fsp3) is 0.300. The minimum atomic E-state index is -0.249. The molecule has 5 nitrogen and oxygen atoms in total. The molecule has 1 aliphatic rings. The molecule has 1 aromatic carbocycles. The number of hydrogen-bond acceptors (Lipinski definition) is 4. The molecule has 0 fully saturated rings. The summed E-state index contributed by atoms with van der Waals surface area (Å²) in [5.74, 6) is 0.659. The van der Waals surface area contributed by atoms with Gasteiger partial charge in [0.15, 0.2) is 0 Å². The van der Waals surface area contributed by atoms with E-state index in [2.05, 4.69) is 36.1 Å². The molecular formula is C20H22ClN3O2. The zero-order valence-corrected chi connectivity index (χ0v) is 15.6. The molecule has 26 heavy (non-hydrogen) atoms. The standard InChI is InChI=1S/C20H21N3O2.ClH/c1-14-18-8-4-3-7-16(18)11-17(13-25-15(2)24)23(14)20-12-22-10-6-5-9-19(22)21-20;/h3-10,12,14,17H,11,13H2,1-2H3;1H. The topological polar surface area (TPSA) is 46.8 Å². The molecule has 0 spiro atoms. The number of halogens is 1. The molecule has 2 atom stereocenters. The molecule has 0 saturated carbocycles. The zero-order valence-electron chi connectivity index (χ0n) is 14.8. The van der Waals surface area contributed by atoms with Crippen molar-refractivity contribution in [1.29, 1.82) is 0 Å². The van der Waals surface area contributed by atoms with Gasteiger partial charge in [0.05, 0.1) is 18.3 Å². The molecule has 0 bridgehead atoms. The number of pyridine rings is 1. The molecule has 136 valence electrons. The number of anilines is 1. The maximum Gasteiger partial charge on any atom is 0.302 e. The Labute approximate surface area is 159 Å². The second-order valence-corrected chi connectivity index (χ2v) is 6.51. The van der Waals surface area contributed by atoms with Crippen molar-refractivity contribution in [3.05, 3.63) is 66.0 Å². The minimum absolute atomic E-state index is 0. The Morgan fingerprint density at radius 1 is 1.23 bits per heavy atom. The van der Waals surface area contributed by atoms with Crippen molar-refractivity contribution in [3.8, 4) is 0 Å². The number of esters is 1. The third-order valence-electron chi connectivity index (χ3n) is 4.87. The molecule has 2 unspecified atom stereocenters. The van der Waals surface area contributed by atoms with Crippen molar-refractivity contribution in [2.75, 3.05) is 11.5 Å². The number of rotatable bonds is 3. The van der Waals surface area contributed by atoms with Crippen LogP contribution in [0.4, 0.5) is 5.82 Å². The van der Waals surface area contributed by atoms with Crippen LogP contribution in [-0.4, -0.2) is 28.0 Å². The molecule has 2 aromatic heterocycles. The highest BCUT2D eigenvalue weighted by Gasteiger charge is 2.33. The predicted octanol–water partition coefficient (Wildman–Crippen LogP) is 3.81. The molecule has 0 N–H and O–H groups in total. The van der Waals surface area contributed by atoms with Gasteiger partial charge in [-0.25, -0.2) is 4.98 Å². The largest absolute Gasteiger partial charge is 0.464 e. The van der Waals surface area contributed by atoms with Gasteiger partial charge in [0.2, 0.25) is 0 Å². The average Bonchev–Trinajstić information content (AvgIpc) is 3.03. The molecule has 6 heteroatoms. The van der Waals surface area contributed by atoms with Gasteiger partial charge in [0.1, 0.15) is 18.1 Å².